The Hall–Kier alpha value is -1.95. The van der Waals surface area contributed by atoms with Crippen molar-refractivity contribution in [2.75, 3.05) is 18.5 Å². The van der Waals surface area contributed by atoms with Crippen LogP contribution in [0.25, 0.3) is 0 Å². The van der Waals surface area contributed by atoms with Crippen LogP contribution in [-0.2, 0) is 0 Å². The van der Waals surface area contributed by atoms with Crippen molar-refractivity contribution in [1.29, 1.82) is 0 Å². The molecule has 0 aliphatic carbocycles. The fourth-order valence-electron chi connectivity index (χ4n) is 1.68. The molecule has 0 saturated heterocycles. The number of urea groups is 1. The number of benzene rings is 1. The summed E-state index contributed by atoms with van der Waals surface area (Å²) in [6.45, 7) is -0.0374. The summed E-state index contributed by atoms with van der Waals surface area (Å²) in [5.74, 6) is -0.862. The highest BCUT2D eigenvalue weighted by Gasteiger charge is 2.00. The second-order valence-electron chi connectivity index (χ2n) is 4.55. The van der Waals surface area contributed by atoms with Gasteiger partial charge in [0.15, 0.2) is 0 Å². The van der Waals surface area contributed by atoms with E-state index in [0.29, 0.717) is 18.7 Å². The Labute approximate surface area is 122 Å². The number of unbranched alkanes of at least 4 members (excludes halogenated alkanes) is 3. The first-order chi connectivity index (χ1) is 10.1. The molecular weight excluding hydrogens is 278 g/mol. The van der Waals surface area contributed by atoms with Crippen molar-refractivity contribution in [2.45, 2.75) is 25.7 Å². The third kappa shape index (κ3) is 8.04. The molecule has 0 heterocycles. The molecule has 0 atom stereocenters. The van der Waals surface area contributed by atoms with Crippen LogP contribution in [0.15, 0.2) is 36.2 Å². The number of carbonyl (C=O) groups excluding carboxylic acids is 1. The number of halogens is 2. The largest absolute Gasteiger partial charge is 0.389 e. The first kappa shape index (κ1) is 17.1. The topological polar surface area (TPSA) is 61.4 Å². The number of hydrogen-bond donors (Lipinski definition) is 3. The van der Waals surface area contributed by atoms with Crippen molar-refractivity contribution in [2.24, 2.45) is 0 Å². The summed E-state index contributed by atoms with van der Waals surface area (Å²) >= 11 is 0. The van der Waals surface area contributed by atoms with Gasteiger partial charge in [0.05, 0.1) is 6.61 Å². The molecule has 0 saturated carbocycles. The first-order valence-electron chi connectivity index (χ1n) is 6.87. The third-order valence-corrected chi connectivity index (χ3v) is 2.79. The van der Waals surface area contributed by atoms with Crippen molar-refractivity contribution in [1.82, 2.24) is 5.32 Å². The molecule has 1 aromatic rings. The second-order valence-corrected chi connectivity index (χ2v) is 4.55. The van der Waals surface area contributed by atoms with Gasteiger partial charge in [-0.1, -0.05) is 12.5 Å². The van der Waals surface area contributed by atoms with E-state index >= 15 is 0 Å². The molecular formula is C15H20F2N2O2. The van der Waals surface area contributed by atoms with Crippen molar-refractivity contribution in [3.63, 3.8) is 0 Å². The number of anilines is 1. The first-order valence-corrected chi connectivity index (χ1v) is 6.87. The lowest BCUT2D eigenvalue weighted by atomic mass is 10.2. The lowest BCUT2D eigenvalue weighted by molar-refractivity contribution is 0.252. The maximum absolute atomic E-state index is 12.7. The molecule has 0 aliphatic heterocycles. The van der Waals surface area contributed by atoms with Crippen LogP contribution in [0.5, 0.6) is 0 Å². The van der Waals surface area contributed by atoms with Crippen LogP contribution in [0.2, 0.25) is 0 Å². The van der Waals surface area contributed by atoms with Gasteiger partial charge in [0.25, 0.3) is 0 Å². The van der Waals surface area contributed by atoms with Crippen LogP contribution in [-0.4, -0.2) is 24.3 Å². The standard InChI is InChI=1S/C15H20F2N2O2/c16-12-6-8-14(9-7-12)19-15(21)18-10-4-2-1-3-5-13(17)11-20/h5-9,20H,1-4,10-11H2,(H2,18,19,21)/b13-5-. The summed E-state index contributed by atoms with van der Waals surface area (Å²) in [7, 11) is 0. The zero-order chi connectivity index (χ0) is 15.5. The minimum Gasteiger partial charge on any atom is -0.389 e. The number of aliphatic hydroxyl groups is 1. The molecule has 4 nitrogen and oxygen atoms in total. The molecule has 0 fully saturated rings. The van der Waals surface area contributed by atoms with Gasteiger partial charge in [0.2, 0.25) is 0 Å². The van der Waals surface area contributed by atoms with Crippen LogP contribution < -0.4 is 10.6 Å². The molecule has 0 unspecified atom stereocenters. The Kier molecular flexibility index (Phi) is 8.04. The summed E-state index contributed by atoms with van der Waals surface area (Å²) in [5, 5.41) is 13.7. The Morgan fingerprint density at radius 3 is 2.57 bits per heavy atom. The van der Waals surface area contributed by atoms with E-state index < -0.39 is 12.4 Å². The van der Waals surface area contributed by atoms with E-state index in [1.807, 2.05) is 0 Å². The fourth-order valence-corrected chi connectivity index (χ4v) is 1.68. The molecule has 0 spiro atoms. The van der Waals surface area contributed by atoms with Crippen LogP contribution in [0.4, 0.5) is 19.3 Å². The molecule has 1 rings (SSSR count). The maximum Gasteiger partial charge on any atom is 0.319 e. The summed E-state index contributed by atoms with van der Waals surface area (Å²) in [4.78, 5) is 11.5. The van der Waals surface area contributed by atoms with E-state index in [9.17, 15) is 13.6 Å². The predicted octanol–water partition coefficient (Wildman–Crippen LogP) is 3.35. The zero-order valence-electron chi connectivity index (χ0n) is 11.7. The average Bonchev–Trinajstić information content (AvgIpc) is 2.48. The van der Waals surface area contributed by atoms with E-state index in [2.05, 4.69) is 10.6 Å². The normalized spacial score (nSPS) is 11.3. The zero-order valence-corrected chi connectivity index (χ0v) is 11.7. The van der Waals surface area contributed by atoms with E-state index in [4.69, 9.17) is 5.11 Å². The minimum atomic E-state index is -0.550. The molecule has 2 amide bonds. The van der Waals surface area contributed by atoms with Crippen LogP contribution in [0.3, 0.4) is 0 Å². The van der Waals surface area contributed by atoms with Crippen LogP contribution in [0, 0.1) is 5.82 Å². The molecule has 0 radical (unpaired) electrons. The Morgan fingerprint density at radius 1 is 1.19 bits per heavy atom. The van der Waals surface area contributed by atoms with Gasteiger partial charge < -0.3 is 15.7 Å². The quantitative estimate of drug-likeness (QED) is 0.644. The molecule has 21 heavy (non-hydrogen) atoms. The molecule has 0 bridgehead atoms. The average molecular weight is 298 g/mol. The summed E-state index contributed by atoms with van der Waals surface area (Å²) in [6, 6.07) is 5.17. The SMILES string of the molecule is O=C(NCCCCC/C=C(\F)CO)Nc1ccc(F)cc1. The monoisotopic (exact) mass is 298 g/mol. The van der Waals surface area contributed by atoms with Crippen LogP contribution >= 0.6 is 0 Å². The third-order valence-electron chi connectivity index (χ3n) is 2.79. The van der Waals surface area contributed by atoms with Gasteiger partial charge in [0, 0.05) is 12.2 Å². The second kappa shape index (κ2) is 9.88. The molecule has 0 aromatic heterocycles. The lowest BCUT2D eigenvalue weighted by Gasteiger charge is -2.07. The number of amides is 2. The molecule has 1 aromatic carbocycles. The van der Waals surface area contributed by atoms with Gasteiger partial charge in [-0.05, 0) is 43.5 Å². The number of nitrogens with one attached hydrogen (secondary N) is 2. The highest BCUT2D eigenvalue weighted by molar-refractivity contribution is 5.89. The minimum absolute atomic E-state index is 0.340. The summed E-state index contributed by atoms with van der Waals surface area (Å²) in [5.41, 5.74) is 0.526. The Balaban J connectivity index is 2.07. The highest BCUT2D eigenvalue weighted by atomic mass is 19.1. The Morgan fingerprint density at radius 2 is 1.90 bits per heavy atom. The van der Waals surface area contributed by atoms with E-state index in [0.717, 1.165) is 19.3 Å². The number of rotatable bonds is 8. The van der Waals surface area contributed by atoms with Gasteiger partial charge in [-0.3, -0.25) is 0 Å². The van der Waals surface area contributed by atoms with Crippen molar-refractivity contribution in [3.05, 3.63) is 42.0 Å². The fraction of sp³-hybridized carbons (Fsp3) is 0.400. The number of carbonyl (C=O) groups is 1. The molecule has 3 N–H and O–H groups in total. The van der Waals surface area contributed by atoms with Crippen molar-refractivity contribution >= 4 is 11.7 Å². The number of allylic oxidation sites excluding steroid dienone is 1. The highest BCUT2D eigenvalue weighted by Crippen LogP contribution is 2.08. The number of aliphatic hydroxyl groups excluding tert-OH is 1. The maximum atomic E-state index is 12.7. The summed E-state index contributed by atoms with van der Waals surface area (Å²) < 4.78 is 25.2. The van der Waals surface area contributed by atoms with E-state index in [1.54, 1.807) is 0 Å². The van der Waals surface area contributed by atoms with Gasteiger partial charge >= 0.3 is 6.03 Å². The van der Waals surface area contributed by atoms with Crippen molar-refractivity contribution < 1.29 is 18.7 Å². The molecule has 116 valence electrons. The summed E-state index contributed by atoms with van der Waals surface area (Å²) in [6.07, 6.45) is 4.38. The van der Waals surface area contributed by atoms with Gasteiger partial charge in [-0.2, -0.15) is 0 Å². The van der Waals surface area contributed by atoms with Crippen molar-refractivity contribution in [3.8, 4) is 0 Å². The van der Waals surface area contributed by atoms with Gasteiger partial charge in [0.1, 0.15) is 11.6 Å². The predicted molar refractivity (Wildman–Crippen MR) is 78.2 cm³/mol. The van der Waals surface area contributed by atoms with E-state index in [-0.39, 0.29) is 11.8 Å². The van der Waals surface area contributed by atoms with Crippen LogP contribution in [0.1, 0.15) is 25.7 Å². The smallest absolute Gasteiger partial charge is 0.319 e. The lowest BCUT2D eigenvalue weighted by Crippen LogP contribution is -2.29. The van der Waals surface area contributed by atoms with Gasteiger partial charge in [-0.15, -0.1) is 0 Å². The van der Waals surface area contributed by atoms with E-state index in [1.165, 1.54) is 30.3 Å². The Bertz CT molecular complexity index is 461. The number of hydrogen-bond acceptors (Lipinski definition) is 2. The van der Waals surface area contributed by atoms with Gasteiger partial charge in [-0.25, -0.2) is 13.6 Å². The molecule has 6 heteroatoms. The molecule has 0 aliphatic rings.